The van der Waals surface area contributed by atoms with Crippen LogP contribution in [0.3, 0.4) is 0 Å². The van der Waals surface area contributed by atoms with E-state index in [4.69, 9.17) is 5.73 Å². The van der Waals surface area contributed by atoms with Gasteiger partial charge in [-0.3, -0.25) is 9.48 Å². The average molecular weight is 264 g/mol. The van der Waals surface area contributed by atoms with Gasteiger partial charge in [0.05, 0.1) is 5.92 Å². The van der Waals surface area contributed by atoms with Gasteiger partial charge in [-0.2, -0.15) is 5.10 Å². The quantitative estimate of drug-likeness (QED) is 0.813. The Morgan fingerprint density at radius 1 is 1.53 bits per heavy atom. The van der Waals surface area contributed by atoms with Crippen molar-refractivity contribution in [2.24, 2.45) is 11.7 Å². The molecular weight excluding hydrogens is 240 g/mol. The zero-order valence-corrected chi connectivity index (χ0v) is 11.6. The van der Waals surface area contributed by atoms with Crippen molar-refractivity contribution < 1.29 is 4.79 Å². The molecular formula is C14H24N4O. The van der Waals surface area contributed by atoms with Gasteiger partial charge in [0, 0.05) is 31.0 Å². The van der Waals surface area contributed by atoms with Crippen LogP contribution in [-0.2, 0) is 11.3 Å². The van der Waals surface area contributed by atoms with Crippen LogP contribution in [0, 0.1) is 5.92 Å². The predicted octanol–water partition coefficient (Wildman–Crippen LogP) is 1.30. The molecule has 0 aliphatic heterocycles. The maximum atomic E-state index is 11.5. The monoisotopic (exact) mass is 264 g/mol. The molecule has 0 unspecified atom stereocenters. The fourth-order valence-electron chi connectivity index (χ4n) is 2.88. The van der Waals surface area contributed by atoms with Crippen LogP contribution in [0.25, 0.3) is 0 Å². The van der Waals surface area contributed by atoms with Crippen LogP contribution in [0.5, 0.6) is 0 Å². The molecule has 0 saturated heterocycles. The number of amides is 1. The molecule has 2 rings (SSSR count). The molecule has 19 heavy (non-hydrogen) atoms. The Balaban J connectivity index is 1.79. The standard InChI is InChI=1S/C14H24N4O/c1-11(7-10-18-9-4-8-16-18)17-13-6-3-2-5-12(13)14(15)19/h4,8-9,11-13,17H,2-3,5-7,10H2,1H3,(H2,15,19)/t11-,12-,13-/m1/s1. The fraction of sp³-hybridized carbons (Fsp3) is 0.714. The Labute approximate surface area is 114 Å². The number of carbonyl (C=O) groups excluding carboxylic acids is 1. The van der Waals surface area contributed by atoms with Gasteiger partial charge in [-0.1, -0.05) is 12.8 Å². The second-order valence-corrected chi connectivity index (χ2v) is 5.53. The van der Waals surface area contributed by atoms with Crippen LogP contribution in [0.2, 0.25) is 0 Å². The van der Waals surface area contributed by atoms with E-state index in [0.29, 0.717) is 6.04 Å². The Bertz CT molecular complexity index is 390. The van der Waals surface area contributed by atoms with Gasteiger partial charge in [-0.15, -0.1) is 0 Å². The van der Waals surface area contributed by atoms with Gasteiger partial charge in [0.1, 0.15) is 0 Å². The summed E-state index contributed by atoms with van der Waals surface area (Å²) in [6.07, 6.45) is 9.06. The first-order valence-electron chi connectivity index (χ1n) is 7.19. The van der Waals surface area contributed by atoms with Crippen molar-refractivity contribution in [3.8, 4) is 0 Å². The van der Waals surface area contributed by atoms with Crippen LogP contribution < -0.4 is 11.1 Å². The molecule has 1 saturated carbocycles. The van der Waals surface area contributed by atoms with E-state index in [1.807, 2.05) is 16.9 Å². The lowest BCUT2D eigenvalue weighted by Gasteiger charge is -2.32. The summed E-state index contributed by atoms with van der Waals surface area (Å²) in [6.45, 7) is 3.06. The van der Waals surface area contributed by atoms with E-state index in [-0.39, 0.29) is 17.9 Å². The average Bonchev–Trinajstić information content (AvgIpc) is 2.90. The van der Waals surface area contributed by atoms with Gasteiger partial charge >= 0.3 is 0 Å². The summed E-state index contributed by atoms with van der Waals surface area (Å²) in [4.78, 5) is 11.5. The summed E-state index contributed by atoms with van der Waals surface area (Å²) < 4.78 is 1.94. The molecule has 0 radical (unpaired) electrons. The summed E-state index contributed by atoms with van der Waals surface area (Å²) >= 11 is 0. The van der Waals surface area contributed by atoms with E-state index in [9.17, 15) is 4.79 Å². The Morgan fingerprint density at radius 2 is 2.32 bits per heavy atom. The summed E-state index contributed by atoms with van der Waals surface area (Å²) in [5.74, 6) is -0.155. The minimum Gasteiger partial charge on any atom is -0.369 e. The molecule has 0 aromatic carbocycles. The molecule has 1 aromatic heterocycles. The van der Waals surface area contributed by atoms with Gasteiger partial charge in [-0.25, -0.2) is 0 Å². The third-order valence-corrected chi connectivity index (χ3v) is 3.98. The SMILES string of the molecule is C[C@H](CCn1cccn1)N[C@@H]1CCCC[C@H]1C(N)=O. The number of aromatic nitrogens is 2. The lowest BCUT2D eigenvalue weighted by molar-refractivity contribution is -0.123. The van der Waals surface area contributed by atoms with Crippen molar-refractivity contribution in [2.75, 3.05) is 0 Å². The van der Waals surface area contributed by atoms with Crippen molar-refractivity contribution in [3.63, 3.8) is 0 Å². The van der Waals surface area contributed by atoms with Gasteiger partial charge in [0.2, 0.25) is 5.91 Å². The van der Waals surface area contributed by atoms with Crippen molar-refractivity contribution >= 4 is 5.91 Å². The predicted molar refractivity (Wildman–Crippen MR) is 74.4 cm³/mol. The first-order valence-corrected chi connectivity index (χ1v) is 7.19. The van der Waals surface area contributed by atoms with Crippen molar-refractivity contribution in [3.05, 3.63) is 18.5 Å². The van der Waals surface area contributed by atoms with E-state index in [2.05, 4.69) is 17.3 Å². The molecule has 0 bridgehead atoms. The fourth-order valence-corrected chi connectivity index (χ4v) is 2.88. The first-order chi connectivity index (χ1) is 9.16. The van der Waals surface area contributed by atoms with Gasteiger partial charge in [-0.05, 0) is 32.3 Å². The van der Waals surface area contributed by atoms with E-state index >= 15 is 0 Å². The summed E-state index contributed by atoms with van der Waals surface area (Å²) in [6, 6.07) is 2.55. The molecule has 3 atom stereocenters. The second-order valence-electron chi connectivity index (χ2n) is 5.53. The number of primary amides is 1. The molecule has 1 aliphatic rings. The maximum absolute atomic E-state index is 11.5. The number of nitrogens with zero attached hydrogens (tertiary/aromatic N) is 2. The number of carbonyl (C=O) groups is 1. The highest BCUT2D eigenvalue weighted by molar-refractivity contribution is 5.77. The molecule has 106 valence electrons. The lowest BCUT2D eigenvalue weighted by atomic mass is 9.83. The summed E-state index contributed by atoms with van der Waals surface area (Å²) in [5, 5.41) is 7.76. The molecule has 1 aliphatic carbocycles. The lowest BCUT2D eigenvalue weighted by Crippen LogP contribution is -2.48. The topological polar surface area (TPSA) is 72.9 Å². The molecule has 1 aromatic rings. The summed E-state index contributed by atoms with van der Waals surface area (Å²) in [5.41, 5.74) is 5.49. The number of hydrogen-bond donors (Lipinski definition) is 2. The van der Waals surface area contributed by atoms with Crippen LogP contribution in [0.4, 0.5) is 0 Å². The van der Waals surface area contributed by atoms with Gasteiger partial charge in [0.15, 0.2) is 0 Å². The third kappa shape index (κ3) is 4.06. The molecule has 0 spiro atoms. The van der Waals surface area contributed by atoms with Gasteiger partial charge < -0.3 is 11.1 Å². The van der Waals surface area contributed by atoms with Crippen LogP contribution in [0.15, 0.2) is 18.5 Å². The largest absolute Gasteiger partial charge is 0.369 e. The number of hydrogen-bond acceptors (Lipinski definition) is 3. The number of nitrogens with one attached hydrogen (secondary N) is 1. The zero-order valence-electron chi connectivity index (χ0n) is 11.6. The maximum Gasteiger partial charge on any atom is 0.222 e. The molecule has 1 fully saturated rings. The van der Waals surface area contributed by atoms with E-state index in [0.717, 1.165) is 32.2 Å². The van der Waals surface area contributed by atoms with E-state index in [1.54, 1.807) is 6.20 Å². The first kappa shape index (κ1) is 14.1. The highest BCUT2D eigenvalue weighted by atomic mass is 16.1. The normalized spacial score (nSPS) is 25.1. The number of nitrogens with two attached hydrogens (primary N) is 1. The minimum absolute atomic E-state index is 0.000836. The van der Waals surface area contributed by atoms with Crippen molar-refractivity contribution in [1.29, 1.82) is 0 Å². The van der Waals surface area contributed by atoms with E-state index < -0.39 is 0 Å². The third-order valence-electron chi connectivity index (χ3n) is 3.98. The molecule has 1 amide bonds. The Hall–Kier alpha value is -1.36. The second kappa shape index (κ2) is 6.70. The molecule has 5 nitrogen and oxygen atoms in total. The highest BCUT2D eigenvalue weighted by Crippen LogP contribution is 2.24. The number of rotatable bonds is 6. The van der Waals surface area contributed by atoms with Crippen molar-refractivity contribution in [1.82, 2.24) is 15.1 Å². The Kier molecular flexibility index (Phi) is 4.96. The van der Waals surface area contributed by atoms with Crippen LogP contribution in [0.1, 0.15) is 39.0 Å². The van der Waals surface area contributed by atoms with Crippen molar-refractivity contribution in [2.45, 2.75) is 57.7 Å². The van der Waals surface area contributed by atoms with Crippen LogP contribution in [-0.4, -0.2) is 27.8 Å². The Morgan fingerprint density at radius 3 is 3.00 bits per heavy atom. The minimum atomic E-state index is -0.156. The van der Waals surface area contributed by atoms with E-state index in [1.165, 1.54) is 6.42 Å². The smallest absolute Gasteiger partial charge is 0.222 e. The zero-order chi connectivity index (χ0) is 13.7. The number of aryl methyl sites for hydroxylation is 1. The van der Waals surface area contributed by atoms with Gasteiger partial charge in [0.25, 0.3) is 0 Å². The molecule has 3 N–H and O–H groups in total. The highest BCUT2D eigenvalue weighted by Gasteiger charge is 2.29. The molecule has 5 heteroatoms. The van der Waals surface area contributed by atoms with Crippen LogP contribution >= 0.6 is 0 Å². The molecule has 1 heterocycles. The summed E-state index contributed by atoms with van der Waals surface area (Å²) in [7, 11) is 0.